The molecule has 1 rings (SSSR count). The van der Waals surface area contributed by atoms with E-state index in [9.17, 15) is 0 Å². The third kappa shape index (κ3) is 2.07. The molecule has 0 fully saturated rings. The minimum absolute atomic E-state index is 0. The van der Waals surface area contributed by atoms with Crippen LogP contribution in [0.1, 0.15) is 27.2 Å². The van der Waals surface area contributed by atoms with Crippen LogP contribution in [0.2, 0.25) is 0 Å². The van der Waals surface area contributed by atoms with E-state index in [2.05, 4.69) is 26.8 Å². The van der Waals surface area contributed by atoms with Crippen molar-refractivity contribution in [2.24, 2.45) is 0 Å². The molecule has 0 N–H and O–H groups in total. The molecule has 0 radical (unpaired) electrons. The van der Waals surface area contributed by atoms with Crippen molar-refractivity contribution >= 4 is 0 Å². The van der Waals surface area contributed by atoms with Gasteiger partial charge in [0.15, 0.2) is 0 Å². The molecule has 0 spiro atoms. The smallest absolute Gasteiger partial charge is 0.269 e. The van der Waals surface area contributed by atoms with Crippen LogP contribution in [0.5, 0.6) is 0 Å². The van der Waals surface area contributed by atoms with Gasteiger partial charge in [-0.2, -0.15) is 11.1 Å². The molecule has 0 nitrogen and oxygen atoms in total. The van der Waals surface area contributed by atoms with Crippen LogP contribution in [0.3, 0.4) is 0 Å². The third-order valence-electron chi connectivity index (χ3n) is 1.82. The Labute approximate surface area is 85.0 Å². The average Bonchev–Trinajstić information content (AvgIpc) is 1.98. The van der Waals surface area contributed by atoms with Crippen molar-refractivity contribution in [3.8, 4) is 0 Å². The molecule has 9 heavy (non-hydrogen) atoms. The van der Waals surface area contributed by atoms with E-state index in [-0.39, 0.29) is 35.6 Å². The van der Waals surface area contributed by atoms with E-state index in [1.807, 2.05) is 0 Å². The zero-order chi connectivity index (χ0) is 6.15. The standard InChI is InChI=1S/C8H11.La/c1-6-4-5-7(2)8(6)3;/h4H2,1-3H3;/q-1;+3. The van der Waals surface area contributed by atoms with Gasteiger partial charge in [0.05, 0.1) is 0 Å². The first-order valence-electron chi connectivity index (χ1n) is 2.96. The van der Waals surface area contributed by atoms with Crippen molar-refractivity contribution in [3.05, 3.63) is 22.8 Å². The largest absolute Gasteiger partial charge is 3.00 e. The fraction of sp³-hybridized carbons (Fsp3) is 0.500. The zero-order valence-corrected chi connectivity index (χ0v) is 9.91. The number of rotatable bonds is 0. The Morgan fingerprint density at radius 2 is 1.78 bits per heavy atom. The topological polar surface area (TPSA) is 0 Å². The summed E-state index contributed by atoms with van der Waals surface area (Å²) in [5.41, 5.74) is 4.25. The van der Waals surface area contributed by atoms with Gasteiger partial charge in [-0.15, -0.1) is 13.3 Å². The second-order valence-corrected chi connectivity index (χ2v) is 2.38. The van der Waals surface area contributed by atoms with Crippen LogP contribution < -0.4 is 0 Å². The summed E-state index contributed by atoms with van der Waals surface area (Å²) in [6.45, 7) is 6.44. The monoisotopic (exact) mass is 246 g/mol. The van der Waals surface area contributed by atoms with Gasteiger partial charge in [0.2, 0.25) is 0 Å². The summed E-state index contributed by atoms with van der Waals surface area (Å²) in [6.07, 6.45) is 4.31. The van der Waals surface area contributed by atoms with Gasteiger partial charge in [-0.25, -0.2) is 5.57 Å². The Balaban J connectivity index is 0.000000640. The molecular weight excluding hydrogens is 235 g/mol. The van der Waals surface area contributed by atoms with Crippen molar-refractivity contribution in [2.45, 2.75) is 27.2 Å². The van der Waals surface area contributed by atoms with Gasteiger partial charge in [-0.3, -0.25) is 6.08 Å². The third-order valence-corrected chi connectivity index (χ3v) is 1.82. The van der Waals surface area contributed by atoms with Crippen LogP contribution in [-0.4, -0.2) is 0 Å². The number of allylic oxidation sites excluding steroid dienone is 4. The summed E-state index contributed by atoms with van der Waals surface area (Å²) in [4.78, 5) is 0. The van der Waals surface area contributed by atoms with Crippen molar-refractivity contribution in [1.82, 2.24) is 0 Å². The van der Waals surface area contributed by atoms with Crippen LogP contribution >= 0.6 is 0 Å². The molecule has 0 unspecified atom stereocenters. The maximum atomic E-state index is 3.26. The van der Waals surface area contributed by atoms with Crippen LogP contribution in [0.4, 0.5) is 0 Å². The summed E-state index contributed by atoms with van der Waals surface area (Å²) in [5.74, 6) is 0. The van der Waals surface area contributed by atoms with Gasteiger partial charge in [0, 0.05) is 0 Å². The summed E-state index contributed by atoms with van der Waals surface area (Å²) in [7, 11) is 0. The molecule has 0 aliphatic heterocycles. The first kappa shape index (κ1) is 9.67. The van der Waals surface area contributed by atoms with Gasteiger partial charge in [-0.05, 0) is 0 Å². The fourth-order valence-electron chi connectivity index (χ4n) is 0.850. The SMILES string of the molecule is CC1=[C-]CC(C)=C1C.[La+3]. The second kappa shape index (κ2) is 3.75. The predicted molar refractivity (Wildman–Crippen MR) is 35.4 cm³/mol. The molecule has 0 atom stereocenters. The fourth-order valence-corrected chi connectivity index (χ4v) is 0.850. The van der Waals surface area contributed by atoms with Gasteiger partial charge >= 0.3 is 35.6 Å². The molecule has 1 heteroatoms. The van der Waals surface area contributed by atoms with Crippen LogP contribution in [0.25, 0.3) is 0 Å². The maximum Gasteiger partial charge on any atom is 3.00 e. The number of hydrogen-bond donors (Lipinski definition) is 0. The molecule has 0 saturated heterocycles. The molecular formula is C8H11La+2. The van der Waals surface area contributed by atoms with Crippen molar-refractivity contribution in [2.75, 3.05) is 0 Å². The Hall–Kier alpha value is 0.675. The van der Waals surface area contributed by atoms with E-state index in [1.54, 1.807) is 0 Å². The first-order chi connectivity index (χ1) is 3.72. The normalized spacial score (nSPS) is 17.4. The molecule has 0 aromatic carbocycles. The minimum atomic E-state index is 0. The van der Waals surface area contributed by atoms with Gasteiger partial charge in [-0.1, -0.05) is 13.8 Å². The Morgan fingerprint density at radius 3 is 1.89 bits per heavy atom. The van der Waals surface area contributed by atoms with Crippen LogP contribution in [0, 0.1) is 41.7 Å². The van der Waals surface area contributed by atoms with Crippen LogP contribution in [0.15, 0.2) is 16.7 Å². The van der Waals surface area contributed by atoms with Gasteiger partial charge in [0.25, 0.3) is 0 Å². The maximum absolute atomic E-state index is 3.26. The van der Waals surface area contributed by atoms with E-state index >= 15 is 0 Å². The molecule has 1 aliphatic carbocycles. The average molecular weight is 246 g/mol. The Morgan fingerprint density at radius 1 is 1.22 bits per heavy atom. The molecule has 1 aliphatic rings. The Kier molecular flexibility index (Phi) is 4.03. The molecule has 0 saturated carbocycles. The number of hydrogen-bond acceptors (Lipinski definition) is 0. The molecule has 0 amide bonds. The van der Waals surface area contributed by atoms with E-state index < -0.39 is 0 Å². The van der Waals surface area contributed by atoms with E-state index in [4.69, 9.17) is 0 Å². The van der Waals surface area contributed by atoms with E-state index in [0.717, 1.165) is 6.42 Å². The van der Waals surface area contributed by atoms with Gasteiger partial charge < -0.3 is 0 Å². The van der Waals surface area contributed by atoms with E-state index in [1.165, 1.54) is 16.7 Å². The summed E-state index contributed by atoms with van der Waals surface area (Å²) < 4.78 is 0. The quantitative estimate of drug-likeness (QED) is 0.576. The Bertz CT molecular complexity index is 158. The van der Waals surface area contributed by atoms with Gasteiger partial charge in [0.1, 0.15) is 0 Å². The minimum Gasteiger partial charge on any atom is -0.269 e. The molecule has 0 heterocycles. The summed E-state index contributed by atoms with van der Waals surface area (Å²) in [5, 5.41) is 0. The van der Waals surface area contributed by atoms with Crippen LogP contribution in [-0.2, 0) is 0 Å². The van der Waals surface area contributed by atoms with Crippen molar-refractivity contribution in [3.63, 3.8) is 0 Å². The summed E-state index contributed by atoms with van der Waals surface area (Å²) >= 11 is 0. The van der Waals surface area contributed by atoms with Crippen molar-refractivity contribution < 1.29 is 35.6 Å². The first-order valence-corrected chi connectivity index (χ1v) is 2.96. The molecule has 44 valence electrons. The van der Waals surface area contributed by atoms with Crippen molar-refractivity contribution in [1.29, 1.82) is 0 Å². The molecule has 0 bridgehead atoms. The summed E-state index contributed by atoms with van der Waals surface area (Å²) in [6, 6.07) is 0. The predicted octanol–water partition coefficient (Wildman–Crippen LogP) is 2.48. The molecule has 0 aromatic rings. The molecule has 0 aromatic heterocycles. The van der Waals surface area contributed by atoms with E-state index in [0.29, 0.717) is 0 Å². The zero-order valence-electron chi connectivity index (χ0n) is 6.28. The second-order valence-electron chi connectivity index (χ2n) is 2.38.